The van der Waals surface area contributed by atoms with Crippen LogP contribution >= 0.6 is 11.6 Å². The van der Waals surface area contributed by atoms with Crippen LogP contribution < -0.4 is 5.32 Å². The van der Waals surface area contributed by atoms with Crippen LogP contribution in [0.15, 0.2) is 24.3 Å². The predicted molar refractivity (Wildman–Crippen MR) is 73.9 cm³/mol. The molecule has 1 N–H and O–H groups in total. The fourth-order valence-corrected chi connectivity index (χ4v) is 2.49. The molecule has 1 saturated heterocycles. The van der Waals surface area contributed by atoms with Crippen LogP contribution in [0.3, 0.4) is 0 Å². The number of hydrogen-bond acceptors (Lipinski definition) is 3. The molecule has 1 aliphatic rings. The summed E-state index contributed by atoms with van der Waals surface area (Å²) in [6, 6.07) is 8.32. The summed E-state index contributed by atoms with van der Waals surface area (Å²) in [7, 11) is 0. The van der Waals surface area contributed by atoms with Crippen molar-refractivity contribution in [3.8, 4) is 6.07 Å². The maximum Gasteiger partial charge on any atom is 0.325 e. The van der Waals surface area contributed by atoms with Crippen LogP contribution in [0.2, 0.25) is 5.02 Å². The summed E-state index contributed by atoms with van der Waals surface area (Å²) < 4.78 is 0. The van der Waals surface area contributed by atoms with Gasteiger partial charge >= 0.3 is 6.03 Å². The van der Waals surface area contributed by atoms with Crippen molar-refractivity contribution in [2.75, 3.05) is 6.54 Å². The minimum Gasteiger partial charge on any atom is -0.319 e. The van der Waals surface area contributed by atoms with Crippen molar-refractivity contribution in [3.63, 3.8) is 0 Å². The van der Waals surface area contributed by atoms with Crippen LogP contribution in [-0.4, -0.2) is 23.4 Å². The molecule has 1 atom stereocenters. The number of amides is 3. The molecular weight excluding hydrogens is 278 g/mol. The highest BCUT2D eigenvalue weighted by molar-refractivity contribution is 6.30. The Morgan fingerprint density at radius 3 is 2.55 bits per heavy atom. The van der Waals surface area contributed by atoms with Crippen LogP contribution in [0, 0.1) is 11.3 Å². The van der Waals surface area contributed by atoms with Crippen molar-refractivity contribution < 1.29 is 9.59 Å². The van der Waals surface area contributed by atoms with E-state index in [0.717, 1.165) is 4.90 Å². The van der Waals surface area contributed by atoms with Crippen molar-refractivity contribution in [2.24, 2.45) is 0 Å². The zero-order valence-corrected chi connectivity index (χ0v) is 11.8. The number of imide groups is 1. The van der Waals surface area contributed by atoms with Gasteiger partial charge in [0.2, 0.25) is 0 Å². The zero-order chi connectivity index (χ0) is 14.8. The smallest absolute Gasteiger partial charge is 0.319 e. The molecule has 0 spiro atoms. The summed E-state index contributed by atoms with van der Waals surface area (Å²) in [5, 5.41) is 11.9. The Kier molecular flexibility index (Phi) is 3.96. The fraction of sp³-hybridized carbons (Fsp3) is 0.357. The lowest BCUT2D eigenvalue weighted by molar-refractivity contribution is -0.131. The number of nitrogens with one attached hydrogen (secondary N) is 1. The van der Waals surface area contributed by atoms with E-state index in [1.165, 1.54) is 0 Å². The van der Waals surface area contributed by atoms with Gasteiger partial charge in [-0.15, -0.1) is 0 Å². The molecule has 6 heteroatoms. The molecule has 1 aromatic rings. The molecule has 0 aliphatic carbocycles. The van der Waals surface area contributed by atoms with Gasteiger partial charge in [0, 0.05) is 11.6 Å². The average molecular weight is 292 g/mol. The molecule has 1 aromatic carbocycles. The first-order valence-electron chi connectivity index (χ1n) is 6.32. The van der Waals surface area contributed by atoms with E-state index in [-0.39, 0.29) is 18.9 Å². The first-order valence-corrected chi connectivity index (χ1v) is 6.70. The third-order valence-corrected chi connectivity index (χ3v) is 3.74. The summed E-state index contributed by atoms with van der Waals surface area (Å²) in [6.45, 7) is 1.94. The minimum atomic E-state index is -1.06. The number of hydrogen-bond donors (Lipinski definition) is 1. The van der Waals surface area contributed by atoms with Gasteiger partial charge in [-0.25, -0.2) is 4.79 Å². The largest absolute Gasteiger partial charge is 0.325 e. The van der Waals surface area contributed by atoms with Gasteiger partial charge in [0.1, 0.15) is 5.54 Å². The molecular formula is C14H14ClN3O2. The van der Waals surface area contributed by atoms with Crippen molar-refractivity contribution in [1.82, 2.24) is 10.2 Å². The highest BCUT2D eigenvalue weighted by Crippen LogP contribution is 2.33. The second kappa shape index (κ2) is 5.51. The second-order valence-electron chi connectivity index (χ2n) is 4.56. The number of halogens is 1. The molecule has 104 valence electrons. The highest BCUT2D eigenvalue weighted by atomic mass is 35.5. The maximum absolute atomic E-state index is 12.6. The van der Waals surface area contributed by atoms with Gasteiger partial charge in [0.25, 0.3) is 5.91 Å². The lowest BCUT2D eigenvalue weighted by atomic mass is 9.87. The van der Waals surface area contributed by atoms with Crippen molar-refractivity contribution >= 4 is 23.5 Å². The molecule has 1 heterocycles. The summed E-state index contributed by atoms with van der Waals surface area (Å²) in [5.74, 6) is -0.317. The van der Waals surface area contributed by atoms with E-state index in [0.29, 0.717) is 17.0 Å². The number of nitrogens with zero attached hydrogens (tertiary/aromatic N) is 2. The minimum absolute atomic E-state index is 0.108. The van der Waals surface area contributed by atoms with Gasteiger partial charge in [0.05, 0.1) is 12.5 Å². The first kappa shape index (κ1) is 14.4. The van der Waals surface area contributed by atoms with E-state index >= 15 is 0 Å². The normalized spacial score (nSPS) is 21.8. The van der Waals surface area contributed by atoms with E-state index in [1.54, 1.807) is 24.3 Å². The monoisotopic (exact) mass is 291 g/mol. The SMILES string of the molecule is CCC1(c2ccc(Cl)cc2)NC(=O)N(CCC#N)C1=O. The fourth-order valence-electron chi connectivity index (χ4n) is 2.36. The summed E-state index contributed by atoms with van der Waals surface area (Å²) in [5.41, 5.74) is -0.362. The van der Waals surface area contributed by atoms with Crippen LogP contribution in [0.25, 0.3) is 0 Å². The number of carbonyl (C=O) groups excluding carboxylic acids is 2. The lowest BCUT2D eigenvalue weighted by Gasteiger charge is -2.25. The van der Waals surface area contributed by atoms with Crippen molar-refractivity contribution in [3.05, 3.63) is 34.9 Å². The van der Waals surface area contributed by atoms with Crippen molar-refractivity contribution in [1.29, 1.82) is 5.26 Å². The summed E-state index contributed by atoms with van der Waals surface area (Å²) in [4.78, 5) is 25.6. The predicted octanol–water partition coefficient (Wildman–Crippen LogP) is 2.41. The molecule has 1 unspecified atom stereocenters. The van der Waals surface area contributed by atoms with Crippen LogP contribution in [0.4, 0.5) is 4.79 Å². The molecule has 1 aliphatic heterocycles. The number of nitriles is 1. The van der Waals surface area contributed by atoms with E-state index in [2.05, 4.69) is 5.32 Å². The average Bonchev–Trinajstić information content (AvgIpc) is 2.69. The Morgan fingerprint density at radius 1 is 1.35 bits per heavy atom. The van der Waals surface area contributed by atoms with Gasteiger partial charge in [-0.05, 0) is 24.1 Å². The van der Waals surface area contributed by atoms with Gasteiger partial charge in [-0.2, -0.15) is 5.26 Å². The number of benzene rings is 1. The molecule has 0 radical (unpaired) electrons. The maximum atomic E-state index is 12.6. The van der Waals surface area contributed by atoms with Crippen LogP contribution in [0.5, 0.6) is 0 Å². The van der Waals surface area contributed by atoms with Crippen molar-refractivity contribution in [2.45, 2.75) is 25.3 Å². The Bertz CT molecular complexity index is 579. The van der Waals surface area contributed by atoms with E-state index in [1.807, 2.05) is 13.0 Å². The Morgan fingerprint density at radius 2 is 2.00 bits per heavy atom. The number of urea groups is 1. The molecule has 0 bridgehead atoms. The molecule has 2 rings (SSSR count). The Balaban J connectivity index is 2.37. The third-order valence-electron chi connectivity index (χ3n) is 3.49. The van der Waals surface area contributed by atoms with E-state index < -0.39 is 11.6 Å². The van der Waals surface area contributed by atoms with E-state index in [4.69, 9.17) is 16.9 Å². The van der Waals surface area contributed by atoms with Gasteiger partial charge < -0.3 is 5.32 Å². The number of carbonyl (C=O) groups is 2. The number of rotatable bonds is 4. The van der Waals surface area contributed by atoms with Crippen LogP contribution in [0.1, 0.15) is 25.3 Å². The molecule has 0 aromatic heterocycles. The third kappa shape index (κ3) is 2.23. The zero-order valence-electron chi connectivity index (χ0n) is 11.0. The standard InChI is InChI=1S/C14H14ClN3O2/c1-2-14(10-4-6-11(15)7-5-10)12(19)18(9-3-8-16)13(20)17-14/h4-7H,2-3,9H2,1H3,(H,17,20). The quantitative estimate of drug-likeness (QED) is 0.866. The summed E-state index contributed by atoms with van der Waals surface area (Å²) >= 11 is 5.85. The van der Waals surface area contributed by atoms with Gasteiger partial charge in [-0.1, -0.05) is 30.7 Å². The van der Waals surface area contributed by atoms with Gasteiger partial charge in [-0.3, -0.25) is 9.69 Å². The molecule has 3 amide bonds. The lowest BCUT2D eigenvalue weighted by Crippen LogP contribution is -2.43. The van der Waals surface area contributed by atoms with E-state index in [9.17, 15) is 9.59 Å². The topological polar surface area (TPSA) is 73.2 Å². The van der Waals surface area contributed by atoms with Crippen LogP contribution in [-0.2, 0) is 10.3 Å². The first-order chi connectivity index (χ1) is 9.55. The molecule has 0 saturated carbocycles. The highest BCUT2D eigenvalue weighted by Gasteiger charge is 2.50. The molecule has 5 nitrogen and oxygen atoms in total. The van der Waals surface area contributed by atoms with Gasteiger partial charge in [0.15, 0.2) is 0 Å². The Labute approximate surface area is 122 Å². The summed E-state index contributed by atoms with van der Waals surface area (Å²) in [6.07, 6.45) is 0.557. The molecule has 1 fully saturated rings. The Hall–Kier alpha value is -2.06. The second-order valence-corrected chi connectivity index (χ2v) is 5.00. The molecule has 20 heavy (non-hydrogen) atoms.